The van der Waals surface area contributed by atoms with Gasteiger partial charge in [0.25, 0.3) is 0 Å². The van der Waals surface area contributed by atoms with Gasteiger partial charge in [0.1, 0.15) is 38.3 Å². The summed E-state index contributed by atoms with van der Waals surface area (Å²) in [5, 5.41) is 12.6. The van der Waals surface area contributed by atoms with Crippen molar-refractivity contribution in [2.24, 2.45) is 0 Å². The van der Waals surface area contributed by atoms with Gasteiger partial charge in [0.2, 0.25) is 0 Å². The number of carbonyl (C=O) groups excluding carboxylic acids is 1. The van der Waals surface area contributed by atoms with Gasteiger partial charge >= 0.3 is 0 Å². The van der Waals surface area contributed by atoms with E-state index < -0.39 is 43.4 Å². The van der Waals surface area contributed by atoms with Gasteiger partial charge in [-0.25, -0.2) is 19.3 Å². The van der Waals surface area contributed by atoms with Crippen molar-refractivity contribution in [2.45, 2.75) is 205 Å². The van der Waals surface area contributed by atoms with E-state index in [1.165, 1.54) is 0 Å². The van der Waals surface area contributed by atoms with Crippen LogP contribution in [0.4, 0.5) is 0 Å². The van der Waals surface area contributed by atoms with Crippen LogP contribution >= 0.6 is 31.9 Å². The maximum absolute atomic E-state index is 16.0. The summed E-state index contributed by atoms with van der Waals surface area (Å²) in [5.41, 5.74) is 6.80. The van der Waals surface area contributed by atoms with Crippen LogP contribution in [-0.2, 0) is 76.8 Å². The zero-order valence-corrected chi connectivity index (χ0v) is 56.0. The molecular weight excluding hydrogens is 1180 g/mol. The van der Waals surface area contributed by atoms with Crippen molar-refractivity contribution in [2.75, 3.05) is 26.4 Å². The first-order chi connectivity index (χ1) is 36.8. The lowest BCUT2D eigenvalue weighted by Gasteiger charge is -2.57. The van der Waals surface area contributed by atoms with Crippen LogP contribution in [0.3, 0.4) is 0 Å². The van der Waals surface area contributed by atoms with Gasteiger partial charge in [0, 0.05) is 105 Å². The summed E-state index contributed by atoms with van der Waals surface area (Å²) in [7, 11) is -5.20. The number of hydrogen-bond donors (Lipinski definition) is 0. The molecule has 424 valence electrons. The van der Waals surface area contributed by atoms with Gasteiger partial charge in [-0.1, -0.05) is 110 Å². The highest BCUT2D eigenvalue weighted by Crippen LogP contribution is 2.53. The van der Waals surface area contributed by atoms with E-state index in [9.17, 15) is 0 Å². The molecule has 0 atom stereocenters. The number of benzene rings is 2. The number of halogens is 2. The Morgan fingerprint density at radius 1 is 0.513 bits per heavy atom. The van der Waals surface area contributed by atoms with Crippen molar-refractivity contribution in [3.8, 4) is 23.0 Å². The van der Waals surface area contributed by atoms with E-state index in [0.717, 1.165) is 139 Å². The number of rotatable bonds is 26. The van der Waals surface area contributed by atoms with Crippen molar-refractivity contribution in [3.63, 3.8) is 0 Å². The van der Waals surface area contributed by atoms with Gasteiger partial charge in [-0.05, 0) is 99.1 Å². The molecule has 2 fully saturated rings. The van der Waals surface area contributed by atoms with E-state index in [1.807, 2.05) is 9.36 Å². The number of imidazole rings is 2. The van der Waals surface area contributed by atoms with E-state index in [2.05, 4.69) is 166 Å². The van der Waals surface area contributed by atoms with Crippen LogP contribution in [0.2, 0.25) is 103 Å². The van der Waals surface area contributed by atoms with Crippen molar-refractivity contribution < 1.29 is 23.7 Å². The third kappa shape index (κ3) is 12.4. The second-order valence-electron chi connectivity index (χ2n) is 27.7. The molecule has 0 N–H and O–H groups in total. The molecule has 21 heteroatoms. The average molecular weight is 1260 g/mol. The molecule has 0 spiro atoms. The number of fused-ring (bicyclic) bond motifs is 4. The molecule has 0 bridgehead atoms. The third-order valence-electron chi connectivity index (χ3n) is 16.8. The quantitative estimate of drug-likeness (QED) is 0.0380. The van der Waals surface area contributed by atoms with E-state index in [-0.39, 0.29) is 0 Å². The molecule has 0 unspecified atom stereocenters. The standard InChI is InChI=1S/C57H86Br2N10O5Si4/c1-75(2,3)27-23-71-37-66-49-35-64(33-45(49)60-53(66)51-43-17-15-41(58)31-47(43)68(62-51)39-73-25-29-77(7,8)9)56(19-13-20-56)55(70)57(21-14-22-57)65-34-46-50(36-65)67(38-72-24-28-76(4,5)6)54(61-46)52-44-18-16-42(59)32-48(44)69(63-52)40-74-26-30-78(10,11)12/h15-18,31-32H,13-14,19-30,33-40H2,1-12H3. The Bertz CT molecular complexity index is 2950. The normalized spacial score (nSPS) is 17.8. The fourth-order valence-electron chi connectivity index (χ4n) is 11.5. The Kier molecular flexibility index (Phi) is 16.9. The van der Waals surface area contributed by atoms with Gasteiger partial charge in [-0.15, -0.1) is 0 Å². The Morgan fingerprint density at radius 2 is 0.859 bits per heavy atom. The highest BCUT2D eigenvalue weighted by Gasteiger charge is 2.62. The number of ketones is 1. The van der Waals surface area contributed by atoms with Gasteiger partial charge in [-0.3, -0.25) is 14.6 Å². The third-order valence-corrected chi connectivity index (χ3v) is 24.6. The number of hydrogen-bond acceptors (Lipinski definition) is 11. The molecule has 78 heavy (non-hydrogen) atoms. The van der Waals surface area contributed by atoms with Crippen LogP contribution in [-0.4, -0.2) is 124 Å². The summed E-state index contributed by atoms with van der Waals surface area (Å²) in [6.45, 7) is 35.4. The minimum Gasteiger partial charge on any atom is -0.361 e. The summed E-state index contributed by atoms with van der Waals surface area (Å²) < 4.78 is 36.3. The summed E-state index contributed by atoms with van der Waals surface area (Å²) in [6, 6.07) is 17.0. The zero-order chi connectivity index (χ0) is 55.6. The van der Waals surface area contributed by atoms with Crippen LogP contribution in [0, 0.1) is 0 Å². The summed E-state index contributed by atoms with van der Waals surface area (Å²) in [4.78, 5) is 31.9. The molecule has 2 aromatic carbocycles. The monoisotopic (exact) mass is 1260 g/mol. The first kappa shape index (κ1) is 58.3. The predicted molar refractivity (Wildman–Crippen MR) is 330 cm³/mol. The lowest BCUT2D eigenvalue weighted by atomic mass is 9.60. The molecular formula is C57H86Br2N10O5Si4. The van der Waals surface area contributed by atoms with Crippen molar-refractivity contribution in [1.29, 1.82) is 0 Å². The molecule has 0 radical (unpaired) electrons. The SMILES string of the molecule is C[Si](C)(C)CCOCn1c(-c2nn(COCC[Si](C)(C)C)c3cc(Br)ccc23)nc2c1CN(C1(C(=O)C3(N4Cc5nc(-c6nn(COCC[Si](C)(C)C)c7cc(Br)ccc67)n(COCC[Si](C)(C)C)c5C4)CCC3)CCC1)C2. The molecule has 2 aliphatic carbocycles. The molecule has 6 heterocycles. The lowest BCUT2D eigenvalue weighted by molar-refractivity contribution is -0.159. The fourth-order valence-corrected chi connectivity index (χ4v) is 15.3. The molecule has 4 aromatic heterocycles. The van der Waals surface area contributed by atoms with Gasteiger partial charge in [0.05, 0.1) is 44.9 Å². The van der Waals surface area contributed by atoms with Crippen LogP contribution in [0.1, 0.15) is 61.3 Å². The first-order valence-electron chi connectivity index (χ1n) is 28.7. The average Bonchev–Trinajstić information content (AvgIpc) is 3.72. The Balaban J connectivity index is 0.931. The fraction of sp³-hybridized carbons (Fsp3) is 0.632. The van der Waals surface area contributed by atoms with Crippen LogP contribution in [0.5, 0.6) is 0 Å². The van der Waals surface area contributed by atoms with Crippen molar-refractivity contribution in [1.82, 2.24) is 48.5 Å². The van der Waals surface area contributed by atoms with E-state index >= 15 is 4.79 Å². The lowest BCUT2D eigenvalue weighted by Crippen LogP contribution is -2.70. The number of nitrogens with zero attached hydrogens (tertiary/aromatic N) is 10. The molecule has 4 aliphatic rings. The second-order valence-corrected chi connectivity index (χ2v) is 52.1. The molecule has 0 amide bonds. The number of Topliss-reactive ketones (excluding diaryl/α,β-unsaturated/α-hetero) is 1. The summed E-state index contributed by atoms with van der Waals surface area (Å²) in [6.07, 6.45) is 5.48. The number of ether oxygens (including phenoxy) is 4. The molecule has 2 saturated carbocycles. The maximum atomic E-state index is 16.0. The Hall–Kier alpha value is -2.94. The van der Waals surface area contributed by atoms with Gasteiger partial charge < -0.3 is 28.1 Å². The van der Waals surface area contributed by atoms with Crippen molar-refractivity contribution >= 4 is 91.7 Å². The van der Waals surface area contributed by atoms with E-state index in [4.69, 9.17) is 39.1 Å². The van der Waals surface area contributed by atoms with Gasteiger partial charge in [0.15, 0.2) is 17.4 Å². The molecule has 15 nitrogen and oxygen atoms in total. The van der Waals surface area contributed by atoms with Crippen LogP contribution < -0.4 is 0 Å². The summed E-state index contributed by atoms with van der Waals surface area (Å²) in [5.74, 6) is 2.01. The number of aromatic nitrogens is 8. The zero-order valence-electron chi connectivity index (χ0n) is 48.8. The second kappa shape index (κ2) is 22.7. The predicted octanol–water partition coefficient (Wildman–Crippen LogP) is 13.6. The molecule has 6 aromatic rings. The van der Waals surface area contributed by atoms with E-state index in [0.29, 0.717) is 85.3 Å². The number of carbonyl (C=O) groups is 1. The minimum atomic E-state index is -1.34. The van der Waals surface area contributed by atoms with Crippen LogP contribution in [0.25, 0.3) is 44.8 Å². The molecule has 2 aliphatic heterocycles. The topological polar surface area (TPSA) is 132 Å². The Labute approximate surface area is 483 Å². The first-order valence-corrected chi connectivity index (χ1v) is 45.1. The Morgan fingerprint density at radius 3 is 1.18 bits per heavy atom. The largest absolute Gasteiger partial charge is 0.361 e. The smallest absolute Gasteiger partial charge is 0.173 e. The highest BCUT2D eigenvalue weighted by atomic mass is 79.9. The van der Waals surface area contributed by atoms with Crippen LogP contribution in [0.15, 0.2) is 45.3 Å². The van der Waals surface area contributed by atoms with E-state index in [1.54, 1.807) is 0 Å². The summed E-state index contributed by atoms with van der Waals surface area (Å²) >= 11 is 7.47. The maximum Gasteiger partial charge on any atom is 0.173 e. The highest BCUT2D eigenvalue weighted by molar-refractivity contribution is 9.10. The van der Waals surface area contributed by atoms with Crippen molar-refractivity contribution in [3.05, 3.63) is 68.1 Å². The minimum absolute atomic E-state index is 0.369. The molecule has 0 saturated heterocycles. The van der Waals surface area contributed by atoms with Gasteiger partial charge in [-0.2, -0.15) is 10.2 Å². The molecule has 10 rings (SSSR count).